The molecule has 1 aromatic rings. The molecule has 0 atom stereocenters. The van der Waals surface area contributed by atoms with Gasteiger partial charge in [-0.2, -0.15) is 0 Å². The van der Waals surface area contributed by atoms with E-state index >= 15 is 0 Å². The minimum Gasteiger partial charge on any atom is -0.264 e. The van der Waals surface area contributed by atoms with Crippen molar-refractivity contribution in [1.82, 2.24) is 15.6 Å². The summed E-state index contributed by atoms with van der Waals surface area (Å²) in [5, 5.41) is 11.7. The van der Waals surface area contributed by atoms with Crippen LogP contribution >= 0.6 is 0 Å². The molecule has 1 aromatic carbocycles. The van der Waals surface area contributed by atoms with Gasteiger partial charge < -0.3 is 0 Å². The molecule has 0 fully saturated rings. The molecule has 0 spiro atoms. The highest BCUT2D eigenvalue weighted by Gasteiger charge is 2.12. The molecule has 0 amide bonds. The van der Waals surface area contributed by atoms with Gasteiger partial charge in [0, 0.05) is 19.7 Å². The van der Waals surface area contributed by atoms with E-state index in [0.29, 0.717) is 0 Å². The second kappa shape index (κ2) is 4.32. The molecule has 2 rings (SSSR count). The SMILES string of the molecule is Cc1ccc(C2=NN=CN(N(C)C)N2)cc1. The second-order valence-electron chi connectivity index (χ2n) is 3.85. The number of rotatable bonds is 2. The van der Waals surface area contributed by atoms with Crippen molar-refractivity contribution in [2.24, 2.45) is 10.2 Å². The summed E-state index contributed by atoms with van der Waals surface area (Å²) < 4.78 is 0. The Hall–Kier alpha value is -1.88. The number of amidine groups is 1. The van der Waals surface area contributed by atoms with Crippen molar-refractivity contribution in [2.75, 3.05) is 14.1 Å². The van der Waals surface area contributed by atoms with Gasteiger partial charge in [0.1, 0.15) is 0 Å². The molecule has 5 nitrogen and oxygen atoms in total. The molecule has 0 aliphatic carbocycles. The maximum atomic E-state index is 4.07. The first kappa shape index (κ1) is 10.6. The molecular formula is C11H15N5. The lowest BCUT2D eigenvalue weighted by molar-refractivity contribution is 0.0856. The Morgan fingerprint density at radius 1 is 1.19 bits per heavy atom. The van der Waals surface area contributed by atoms with Gasteiger partial charge in [-0.05, 0) is 6.92 Å². The van der Waals surface area contributed by atoms with E-state index in [1.54, 1.807) is 11.5 Å². The van der Waals surface area contributed by atoms with E-state index < -0.39 is 0 Å². The summed E-state index contributed by atoms with van der Waals surface area (Å²) in [5.41, 5.74) is 5.40. The van der Waals surface area contributed by atoms with Crippen LogP contribution in [0.15, 0.2) is 34.5 Å². The zero-order valence-electron chi connectivity index (χ0n) is 9.68. The number of aryl methyl sites for hydroxylation is 1. The summed E-state index contributed by atoms with van der Waals surface area (Å²) in [6, 6.07) is 8.15. The third kappa shape index (κ3) is 2.20. The number of nitrogens with zero attached hydrogens (tertiary/aromatic N) is 4. The van der Waals surface area contributed by atoms with Crippen LogP contribution in [0, 0.1) is 6.92 Å². The van der Waals surface area contributed by atoms with Crippen LogP contribution in [0.25, 0.3) is 0 Å². The van der Waals surface area contributed by atoms with E-state index in [9.17, 15) is 0 Å². The minimum atomic E-state index is 0.746. The monoisotopic (exact) mass is 217 g/mol. The maximum Gasteiger partial charge on any atom is 0.175 e. The van der Waals surface area contributed by atoms with Crippen molar-refractivity contribution >= 4 is 12.2 Å². The van der Waals surface area contributed by atoms with Crippen molar-refractivity contribution < 1.29 is 0 Å². The van der Waals surface area contributed by atoms with Gasteiger partial charge in [0.2, 0.25) is 0 Å². The number of hydrogen-bond acceptors (Lipinski definition) is 5. The van der Waals surface area contributed by atoms with Crippen LogP contribution < -0.4 is 5.43 Å². The maximum absolute atomic E-state index is 4.07. The largest absolute Gasteiger partial charge is 0.264 e. The zero-order valence-corrected chi connectivity index (χ0v) is 9.68. The molecule has 16 heavy (non-hydrogen) atoms. The molecule has 1 aliphatic heterocycles. The average Bonchev–Trinajstić information content (AvgIpc) is 2.30. The predicted octanol–water partition coefficient (Wildman–Crippen LogP) is 0.982. The Balaban J connectivity index is 2.20. The van der Waals surface area contributed by atoms with Gasteiger partial charge >= 0.3 is 0 Å². The fraction of sp³-hybridized carbons (Fsp3) is 0.273. The van der Waals surface area contributed by atoms with Gasteiger partial charge in [-0.15, -0.1) is 10.2 Å². The van der Waals surface area contributed by atoms with Gasteiger partial charge in [-0.1, -0.05) is 29.8 Å². The fourth-order valence-corrected chi connectivity index (χ4v) is 1.33. The molecule has 5 heteroatoms. The summed E-state index contributed by atoms with van der Waals surface area (Å²) >= 11 is 0. The van der Waals surface area contributed by atoms with E-state index in [-0.39, 0.29) is 0 Å². The van der Waals surface area contributed by atoms with Gasteiger partial charge in [0.15, 0.2) is 12.2 Å². The van der Waals surface area contributed by atoms with Gasteiger partial charge in [-0.25, -0.2) is 10.1 Å². The molecule has 1 aliphatic rings. The van der Waals surface area contributed by atoms with Crippen LogP contribution in [-0.4, -0.2) is 36.4 Å². The highest BCUT2D eigenvalue weighted by atomic mass is 15.8. The first-order valence-corrected chi connectivity index (χ1v) is 5.08. The van der Waals surface area contributed by atoms with E-state index in [1.165, 1.54) is 5.56 Å². The topological polar surface area (TPSA) is 43.2 Å². The summed E-state index contributed by atoms with van der Waals surface area (Å²) in [6.07, 6.45) is 1.62. The normalized spacial score (nSPS) is 15.0. The Morgan fingerprint density at radius 2 is 1.88 bits per heavy atom. The molecule has 84 valence electrons. The van der Waals surface area contributed by atoms with Crippen molar-refractivity contribution in [2.45, 2.75) is 6.92 Å². The Morgan fingerprint density at radius 3 is 2.50 bits per heavy atom. The van der Waals surface area contributed by atoms with E-state index in [4.69, 9.17) is 0 Å². The van der Waals surface area contributed by atoms with Crippen LogP contribution in [0.2, 0.25) is 0 Å². The van der Waals surface area contributed by atoms with Crippen molar-refractivity contribution in [3.05, 3.63) is 35.4 Å². The number of benzene rings is 1. The third-order valence-corrected chi connectivity index (χ3v) is 2.30. The van der Waals surface area contributed by atoms with Crippen LogP contribution in [0.3, 0.4) is 0 Å². The summed E-state index contributed by atoms with van der Waals surface area (Å²) in [5.74, 6) is 0.746. The average molecular weight is 217 g/mol. The first-order valence-electron chi connectivity index (χ1n) is 5.08. The number of hydrogen-bond donors (Lipinski definition) is 1. The fourth-order valence-electron chi connectivity index (χ4n) is 1.33. The molecule has 0 saturated heterocycles. The molecule has 0 unspecified atom stereocenters. The van der Waals surface area contributed by atoms with Gasteiger partial charge in [0.05, 0.1) is 0 Å². The predicted molar refractivity (Wildman–Crippen MR) is 64.9 cm³/mol. The second-order valence-corrected chi connectivity index (χ2v) is 3.85. The van der Waals surface area contributed by atoms with E-state index in [0.717, 1.165) is 11.4 Å². The molecule has 0 bridgehead atoms. The Bertz CT molecular complexity index is 419. The molecule has 1 heterocycles. The van der Waals surface area contributed by atoms with E-state index in [1.807, 2.05) is 31.2 Å². The van der Waals surface area contributed by atoms with Crippen LogP contribution in [0.5, 0.6) is 0 Å². The van der Waals surface area contributed by atoms with Crippen molar-refractivity contribution in [1.29, 1.82) is 0 Å². The molecule has 0 saturated carbocycles. The quantitative estimate of drug-likeness (QED) is 0.803. The van der Waals surface area contributed by atoms with Crippen LogP contribution in [0.1, 0.15) is 11.1 Å². The van der Waals surface area contributed by atoms with Gasteiger partial charge in [-0.3, -0.25) is 5.43 Å². The highest BCUT2D eigenvalue weighted by Crippen LogP contribution is 2.06. The van der Waals surface area contributed by atoms with Crippen LogP contribution in [0.4, 0.5) is 0 Å². The highest BCUT2D eigenvalue weighted by molar-refractivity contribution is 5.99. The Kier molecular flexibility index (Phi) is 2.87. The lowest BCUT2D eigenvalue weighted by Crippen LogP contribution is -2.50. The third-order valence-electron chi connectivity index (χ3n) is 2.30. The van der Waals surface area contributed by atoms with Crippen molar-refractivity contribution in [3.8, 4) is 0 Å². The molecule has 0 radical (unpaired) electrons. The lowest BCUT2D eigenvalue weighted by atomic mass is 10.1. The Labute approximate surface area is 95.0 Å². The summed E-state index contributed by atoms with van der Waals surface area (Å²) in [7, 11) is 3.86. The van der Waals surface area contributed by atoms with E-state index in [2.05, 4.69) is 34.7 Å². The van der Waals surface area contributed by atoms with Crippen molar-refractivity contribution in [3.63, 3.8) is 0 Å². The lowest BCUT2D eigenvalue weighted by Gasteiger charge is -2.29. The standard InChI is InChI=1S/C11H15N5/c1-9-4-6-10(7-5-9)11-13-12-8-16(14-11)15(2)3/h4-8H,1-3H3,(H,13,14). The minimum absolute atomic E-state index is 0.746. The zero-order chi connectivity index (χ0) is 11.5. The molecule has 1 N–H and O–H groups in total. The summed E-state index contributed by atoms with van der Waals surface area (Å²) in [4.78, 5) is 0. The first-order chi connectivity index (χ1) is 7.66. The summed E-state index contributed by atoms with van der Waals surface area (Å²) in [6.45, 7) is 2.06. The molecular weight excluding hydrogens is 202 g/mol. The number of nitrogens with one attached hydrogen (secondary N) is 1. The smallest absolute Gasteiger partial charge is 0.175 e. The molecule has 0 aromatic heterocycles. The van der Waals surface area contributed by atoms with Crippen LogP contribution in [-0.2, 0) is 0 Å². The number of hydrazine groups is 2. The van der Waals surface area contributed by atoms with Gasteiger partial charge in [0.25, 0.3) is 0 Å².